The lowest BCUT2D eigenvalue weighted by atomic mass is 10.0. The van der Waals surface area contributed by atoms with Gasteiger partial charge in [0.15, 0.2) is 0 Å². The molecule has 0 amide bonds. The van der Waals surface area contributed by atoms with E-state index in [2.05, 4.69) is 48.6 Å². The van der Waals surface area contributed by atoms with Crippen LogP contribution in [0.2, 0.25) is 0 Å². The van der Waals surface area contributed by atoms with E-state index in [0.717, 1.165) is 0 Å². The van der Waals surface area contributed by atoms with Crippen LogP contribution in [-0.2, 0) is 6.54 Å². The average Bonchev–Trinajstić information content (AvgIpc) is 3.12. The van der Waals surface area contributed by atoms with Gasteiger partial charge in [-0.05, 0) is 32.6 Å². The fourth-order valence-electron chi connectivity index (χ4n) is 3.78. The lowest BCUT2D eigenvalue weighted by Gasteiger charge is -2.08. The van der Waals surface area contributed by atoms with Crippen LogP contribution in [-0.4, -0.2) is 4.57 Å². The Morgan fingerprint density at radius 3 is 1.77 bits per heavy atom. The number of aromatic nitrogens is 2. The molecule has 0 saturated carbocycles. The third kappa shape index (κ3) is 11.8. The quantitative estimate of drug-likeness (QED) is 0.187. The number of hydrogen-bond acceptors (Lipinski definition) is 0. The monoisotopic (exact) mass is 363 g/mol. The maximum atomic E-state index is 2.42. The predicted molar refractivity (Wildman–Crippen MR) is 115 cm³/mol. The average molecular weight is 364 g/mol. The molecular formula is C24H47N2+. The van der Waals surface area contributed by atoms with Crippen LogP contribution in [0.5, 0.6) is 0 Å². The van der Waals surface area contributed by atoms with E-state index in [0.29, 0.717) is 6.04 Å². The molecule has 0 bridgehead atoms. The fourth-order valence-corrected chi connectivity index (χ4v) is 3.78. The van der Waals surface area contributed by atoms with Crippen molar-refractivity contribution < 1.29 is 4.57 Å². The highest BCUT2D eigenvalue weighted by atomic mass is 15.1. The summed E-state index contributed by atoms with van der Waals surface area (Å²) in [4.78, 5) is 0. The first-order chi connectivity index (χ1) is 12.8. The van der Waals surface area contributed by atoms with Gasteiger partial charge in [-0.2, -0.15) is 0 Å². The Bertz CT molecular complexity index is 410. The Kier molecular flexibility index (Phi) is 14.7. The van der Waals surface area contributed by atoms with E-state index < -0.39 is 0 Å². The summed E-state index contributed by atoms with van der Waals surface area (Å²) in [6.45, 7) is 8.13. The highest BCUT2D eigenvalue weighted by Gasteiger charge is 2.11. The summed E-state index contributed by atoms with van der Waals surface area (Å²) in [6.07, 6.45) is 29.3. The van der Waals surface area contributed by atoms with Gasteiger partial charge in [-0.1, -0.05) is 90.9 Å². The van der Waals surface area contributed by atoms with Gasteiger partial charge in [0, 0.05) is 0 Å². The smallest absolute Gasteiger partial charge is 0.237 e. The van der Waals surface area contributed by atoms with E-state index in [1.807, 2.05) is 0 Å². The topological polar surface area (TPSA) is 8.81 Å². The Labute approximate surface area is 164 Å². The Hall–Kier alpha value is -0.790. The molecule has 1 rings (SSSR count). The van der Waals surface area contributed by atoms with E-state index in [9.17, 15) is 0 Å². The lowest BCUT2D eigenvalue weighted by molar-refractivity contribution is -0.697. The van der Waals surface area contributed by atoms with Crippen molar-refractivity contribution in [3.63, 3.8) is 0 Å². The number of hydrogen-bond donors (Lipinski definition) is 0. The highest BCUT2D eigenvalue weighted by Crippen LogP contribution is 2.16. The van der Waals surface area contributed by atoms with Crippen LogP contribution in [0.15, 0.2) is 18.7 Å². The highest BCUT2D eigenvalue weighted by molar-refractivity contribution is 4.72. The maximum absolute atomic E-state index is 2.42. The first-order valence-electron chi connectivity index (χ1n) is 11.8. The molecule has 152 valence electrons. The lowest BCUT2D eigenvalue weighted by Crippen LogP contribution is -2.31. The van der Waals surface area contributed by atoms with Crippen molar-refractivity contribution >= 4 is 0 Å². The van der Waals surface area contributed by atoms with E-state index in [4.69, 9.17) is 0 Å². The predicted octanol–water partition coefficient (Wildman–Crippen LogP) is 7.62. The van der Waals surface area contributed by atoms with Crippen LogP contribution < -0.4 is 4.57 Å². The molecule has 1 aromatic heterocycles. The van der Waals surface area contributed by atoms with Gasteiger partial charge in [0.25, 0.3) is 0 Å². The van der Waals surface area contributed by atoms with Crippen molar-refractivity contribution in [3.05, 3.63) is 18.7 Å². The summed E-state index contributed by atoms with van der Waals surface area (Å²) in [5.41, 5.74) is 0. The first kappa shape index (κ1) is 23.2. The van der Waals surface area contributed by atoms with Gasteiger partial charge in [0.1, 0.15) is 12.4 Å². The summed E-state index contributed by atoms with van der Waals surface area (Å²) in [6, 6.07) is 0.644. The van der Waals surface area contributed by atoms with E-state index >= 15 is 0 Å². The van der Waals surface area contributed by atoms with Crippen LogP contribution in [0.1, 0.15) is 130 Å². The molecule has 0 aliphatic rings. The Morgan fingerprint density at radius 2 is 1.19 bits per heavy atom. The molecule has 0 aliphatic heterocycles. The molecule has 0 aliphatic carbocycles. The summed E-state index contributed by atoms with van der Waals surface area (Å²) < 4.78 is 4.79. The van der Waals surface area contributed by atoms with Crippen molar-refractivity contribution in [1.82, 2.24) is 4.57 Å². The Morgan fingerprint density at radius 1 is 0.692 bits per heavy atom. The van der Waals surface area contributed by atoms with Gasteiger partial charge in [-0.25, -0.2) is 9.13 Å². The van der Waals surface area contributed by atoms with Crippen LogP contribution >= 0.6 is 0 Å². The number of unbranched alkanes of at least 4 members (excludes halogenated alkanes) is 13. The molecule has 1 atom stereocenters. The summed E-state index contributed by atoms with van der Waals surface area (Å²) >= 11 is 0. The number of nitrogens with zero attached hydrogens (tertiary/aromatic N) is 2. The largest absolute Gasteiger partial charge is 0.243 e. The van der Waals surface area contributed by atoms with Crippen molar-refractivity contribution in [2.45, 2.75) is 136 Å². The van der Waals surface area contributed by atoms with Crippen LogP contribution in [0.25, 0.3) is 0 Å². The standard InChI is InChI=1S/C24H47N2/c1-4-6-8-10-11-12-13-14-15-17-19-24(3)26-22-21-25(23-26)20-18-16-9-7-5-2/h21-24H,4-20H2,1-3H3/q+1. The Balaban J connectivity index is 2.01. The molecule has 0 radical (unpaired) electrons. The molecule has 0 fully saturated rings. The SMILES string of the molecule is CCCCCCCCCCCCC(C)n1cc[n+](CCCCCCC)c1. The van der Waals surface area contributed by atoms with Crippen molar-refractivity contribution in [2.24, 2.45) is 0 Å². The fraction of sp³-hybridized carbons (Fsp3) is 0.875. The zero-order chi connectivity index (χ0) is 18.9. The van der Waals surface area contributed by atoms with Gasteiger partial charge in [-0.15, -0.1) is 0 Å². The van der Waals surface area contributed by atoms with Gasteiger partial charge in [0.05, 0.1) is 12.6 Å². The van der Waals surface area contributed by atoms with E-state index in [1.54, 1.807) is 0 Å². The third-order valence-corrected chi connectivity index (χ3v) is 5.72. The molecule has 26 heavy (non-hydrogen) atoms. The number of imidazole rings is 1. The van der Waals surface area contributed by atoms with Gasteiger partial charge in [-0.3, -0.25) is 0 Å². The van der Waals surface area contributed by atoms with E-state index in [-0.39, 0.29) is 0 Å². The summed E-state index contributed by atoms with van der Waals surface area (Å²) in [5.74, 6) is 0. The van der Waals surface area contributed by atoms with E-state index in [1.165, 1.54) is 109 Å². The summed E-state index contributed by atoms with van der Waals surface area (Å²) in [7, 11) is 0. The minimum absolute atomic E-state index is 0.644. The van der Waals surface area contributed by atoms with Gasteiger partial charge < -0.3 is 0 Å². The molecule has 2 heteroatoms. The number of aryl methyl sites for hydroxylation is 1. The van der Waals surface area contributed by atoms with Gasteiger partial charge in [0.2, 0.25) is 6.33 Å². The van der Waals surface area contributed by atoms with Crippen molar-refractivity contribution in [3.8, 4) is 0 Å². The second-order valence-electron chi connectivity index (χ2n) is 8.33. The molecule has 1 heterocycles. The van der Waals surface area contributed by atoms with Crippen LogP contribution in [0.3, 0.4) is 0 Å². The first-order valence-corrected chi connectivity index (χ1v) is 11.8. The third-order valence-electron chi connectivity index (χ3n) is 5.72. The van der Waals surface area contributed by atoms with Crippen LogP contribution in [0, 0.1) is 0 Å². The number of rotatable bonds is 18. The molecule has 0 spiro atoms. The molecule has 1 aromatic rings. The molecule has 0 saturated heterocycles. The molecule has 1 unspecified atom stereocenters. The minimum atomic E-state index is 0.644. The zero-order valence-corrected chi connectivity index (χ0v) is 18.2. The maximum Gasteiger partial charge on any atom is 0.243 e. The van der Waals surface area contributed by atoms with Crippen LogP contribution in [0.4, 0.5) is 0 Å². The minimum Gasteiger partial charge on any atom is -0.237 e. The normalized spacial score (nSPS) is 12.6. The summed E-state index contributed by atoms with van der Waals surface area (Å²) in [5, 5.41) is 0. The molecule has 2 nitrogen and oxygen atoms in total. The van der Waals surface area contributed by atoms with Crippen molar-refractivity contribution in [1.29, 1.82) is 0 Å². The molecule has 0 aromatic carbocycles. The van der Waals surface area contributed by atoms with Crippen molar-refractivity contribution in [2.75, 3.05) is 0 Å². The second kappa shape index (κ2) is 16.4. The van der Waals surface area contributed by atoms with Gasteiger partial charge >= 0.3 is 0 Å². The molecular weight excluding hydrogens is 316 g/mol. The zero-order valence-electron chi connectivity index (χ0n) is 18.2. The second-order valence-corrected chi connectivity index (χ2v) is 8.33. The molecule has 0 N–H and O–H groups in total.